The molecule has 1 fully saturated rings. The molecule has 7 nitrogen and oxygen atoms in total. The number of nitrogens with one attached hydrogen (secondary N) is 2. The highest BCUT2D eigenvalue weighted by atomic mass is 19.4. The minimum atomic E-state index is -5.00. The first kappa shape index (κ1) is 17.0. The number of rotatable bonds is 3. The molecule has 0 aliphatic carbocycles. The number of hydrogen-bond acceptors (Lipinski definition) is 5. The monoisotopic (exact) mass is 334 g/mol. The molecule has 0 spiro atoms. The van der Waals surface area contributed by atoms with Gasteiger partial charge in [0.25, 0.3) is 5.91 Å². The van der Waals surface area contributed by atoms with E-state index in [1.807, 2.05) is 0 Å². The summed E-state index contributed by atoms with van der Waals surface area (Å²) >= 11 is 0. The number of carbonyl (C=O) groups excluding carboxylic acids is 2. The van der Waals surface area contributed by atoms with E-state index in [-0.39, 0.29) is 18.8 Å². The second-order valence-corrected chi connectivity index (χ2v) is 4.45. The van der Waals surface area contributed by atoms with Crippen molar-refractivity contribution in [3.8, 4) is 5.75 Å². The van der Waals surface area contributed by atoms with E-state index in [9.17, 15) is 22.8 Å². The molecule has 2 N–H and O–H groups in total. The molecule has 23 heavy (non-hydrogen) atoms. The quantitative estimate of drug-likeness (QED) is 0.873. The highest BCUT2D eigenvalue weighted by molar-refractivity contribution is 6.04. The van der Waals surface area contributed by atoms with Crippen LogP contribution < -0.4 is 15.4 Å². The zero-order chi connectivity index (χ0) is 17.1. The maximum Gasteiger partial charge on any atom is 0.465 e. The molecular weight excluding hydrogens is 321 g/mol. The van der Waals surface area contributed by atoms with Crippen LogP contribution in [0.2, 0.25) is 0 Å². The Kier molecular flexibility index (Phi) is 4.76. The summed E-state index contributed by atoms with van der Waals surface area (Å²) in [5.74, 6) is -3.66. The van der Waals surface area contributed by atoms with Gasteiger partial charge < -0.3 is 14.2 Å². The average molecular weight is 334 g/mol. The summed E-state index contributed by atoms with van der Waals surface area (Å²) in [5.41, 5.74) is 0.0651. The van der Waals surface area contributed by atoms with Gasteiger partial charge in [-0.15, -0.1) is 0 Å². The number of urea groups is 1. The molecule has 0 saturated carbocycles. The Balaban J connectivity index is 2.01. The number of hydrogen-bond donors (Lipinski definition) is 2. The van der Waals surface area contributed by atoms with E-state index < -0.39 is 24.0 Å². The molecule has 1 heterocycles. The van der Waals surface area contributed by atoms with Gasteiger partial charge in [-0.3, -0.25) is 15.4 Å². The Bertz CT molecular complexity index is 582. The molecule has 0 atom stereocenters. The Morgan fingerprint density at radius 2 is 1.74 bits per heavy atom. The molecule has 0 bridgehead atoms. The van der Waals surface area contributed by atoms with Crippen LogP contribution in [0.15, 0.2) is 24.3 Å². The first-order chi connectivity index (χ1) is 10.8. The molecule has 1 saturated heterocycles. The van der Waals surface area contributed by atoms with Gasteiger partial charge in [0.2, 0.25) is 0 Å². The normalized spacial score (nSPS) is 16.7. The van der Waals surface area contributed by atoms with Gasteiger partial charge >= 0.3 is 18.1 Å². The fourth-order valence-corrected chi connectivity index (χ4v) is 1.82. The second-order valence-electron chi connectivity index (χ2n) is 4.45. The highest BCUT2D eigenvalue weighted by Gasteiger charge is 2.62. The lowest BCUT2D eigenvalue weighted by atomic mass is 10.2. The lowest BCUT2D eigenvalue weighted by Crippen LogP contribution is -2.62. The second kappa shape index (κ2) is 6.42. The van der Waals surface area contributed by atoms with Crippen LogP contribution in [-0.4, -0.2) is 44.3 Å². The third-order valence-corrected chi connectivity index (χ3v) is 2.92. The molecule has 0 unspecified atom stereocenters. The Morgan fingerprint density at radius 1 is 1.17 bits per heavy atom. The van der Waals surface area contributed by atoms with Gasteiger partial charge in [-0.1, -0.05) is 0 Å². The summed E-state index contributed by atoms with van der Waals surface area (Å²) in [4.78, 5) is 23.4. The number of methoxy groups -OCH3 is 1. The number of halogens is 3. The fourth-order valence-electron chi connectivity index (χ4n) is 1.82. The van der Waals surface area contributed by atoms with Crippen molar-refractivity contribution in [2.45, 2.75) is 12.1 Å². The molecule has 0 aromatic heterocycles. The predicted octanol–water partition coefficient (Wildman–Crippen LogP) is 1.40. The van der Waals surface area contributed by atoms with Crippen LogP contribution in [-0.2, 0) is 9.47 Å². The van der Waals surface area contributed by atoms with E-state index in [1.54, 1.807) is 5.32 Å². The Hall–Kier alpha value is -2.33. The minimum Gasteiger partial charge on any atom is -0.497 e. The van der Waals surface area contributed by atoms with Crippen molar-refractivity contribution in [1.29, 1.82) is 0 Å². The standard InChI is InChI=1S/C13H13F3N2O5/c1-21-9-4-2-8(3-5-9)10(19)17-11(20)18-13(12(14,15)16)22-6-7-23-13/h2-5H,6-7H2,1H3,(H2,17,18,19,20). The summed E-state index contributed by atoms with van der Waals surface area (Å²) in [6.45, 7) is -0.682. The molecule has 1 aliphatic heterocycles. The number of benzene rings is 1. The van der Waals surface area contributed by atoms with Gasteiger partial charge in [-0.05, 0) is 24.3 Å². The van der Waals surface area contributed by atoms with E-state index in [1.165, 1.54) is 36.7 Å². The van der Waals surface area contributed by atoms with E-state index in [0.29, 0.717) is 5.75 Å². The Morgan fingerprint density at radius 3 is 2.22 bits per heavy atom. The summed E-state index contributed by atoms with van der Waals surface area (Å²) < 4.78 is 52.6. The third-order valence-electron chi connectivity index (χ3n) is 2.92. The zero-order valence-corrected chi connectivity index (χ0v) is 11.9. The molecule has 1 aromatic carbocycles. The van der Waals surface area contributed by atoms with Crippen molar-refractivity contribution in [2.24, 2.45) is 0 Å². The van der Waals surface area contributed by atoms with Crippen molar-refractivity contribution in [1.82, 2.24) is 10.6 Å². The molecule has 126 valence electrons. The van der Waals surface area contributed by atoms with Crippen LogP contribution in [0.4, 0.5) is 18.0 Å². The van der Waals surface area contributed by atoms with Crippen LogP contribution >= 0.6 is 0 Å². The van der Waals surface area contributed by atoms with Gasteiger partial charge in [0.15, 0.2) is 0 Å². The smallest absolute Gasteiger partial charge is 0.465 e. The molecule has 1 aromatic rings. The molecule has 0 radical (unpaired) electrons. The number of ether oxygens (including phenoxy) is 3. The molecule has 3 amide bonds. The lowest BCUT2D eigenvalue weighted by molar-refractivity contribution is -0.351. The molecule has 1 aliphatic rings. The SMILES string of the molecule is COc1ccc(C(=O)NC(=O)NC2(C(F)(F)F)OCCO2)cc1. The third kappa shape index (κ3) is 3.71. The number of imide groups is 1. The van der Waals surface area contributed by atoms with Crippen molar-refractivity contribution >= 4 is 11.9 Å². The van der Waals surface area contributed by atoms with Gasteiger partial charge in [-0.25, -0.2) is 4.79 Å². The first-order valence-electron chi connectivity index (χ1n) is 6.39. The topological polar surface area (TPSA) is 85.9 Å². The van der Waals surface area contributed by atoms with Crippen LogP contribution in [0.25, 0.3) is 0 Å². The van der Waals surface area contributed by atoms with Crippen LogP contribution in [0, 0.1) is 0 Å². The van der Waals surface area contributed by atoms with E-state index >= 15 is 0 Å². The number of amides is 3. The zero-order valence-electron chi connectivity index (χ0n) is 11.9. The number of alkyl halides is 3. The predicted molar refractivity (Wildman–Crippen MR) is 69.7 cm³/mol. The minimum absolute atomic E-state index is 0.0651. The van der Waals surface area contributed by atoms with Crippen molar-refractivity contribution < 1.29 is 37.0 Å². The summed E-state index contributed by atoms with van der Waals surface area (Å²) in [6, 6.07) is 4.23. The highest BCUT2D eigenvalue weighted by Crippen LogP contribution is 2.35. The summed E-state index contributed by atoms with van der Waals surface area (Å²) in [5, 5.41) is 3.26. The van der Waals surface area contributed by atoms with E-state index in [0.717, 1.165) is 0 Å². The number of carbonyl (C=O) groups is 2. The largest absolute Gasteiger partial charge is 0.497 e. The van der Waals surface area contributed by atoms with Gasteiger partial charge in [0.05, 0.1) is 20.3 Å². The van der Waals surface area contributed by atoms with Crippen molar-refractivity contribution in [2.75, 3.05) is 20.3 Å². The van der Waals surface area contributed by atoms with E-state index in [2.05, 4.69) is 9.47 Å². The maximum absolute atomic E-state index is 12.9. The molecule has 2 rings (SSSR count). The van der Waals surface area contributed by atoms with Gasteiger partial charge in [-0.2, -0.15) is 13.2 Å². The lowest BCUT2D eigenvalue weighted by Gasteiger charge is -2.29. The van der Waals surface area contributed by atoms with Crippen molar-refractivity contribution in [3.05, 3.63) is 29.8 Å². The van der Waals surface area contributed by atoms with Crippen LogP contribution in [0.3, 0.4) is 0 Å². The summed E-state index contributed by atoms with van der Waals surface area (Å²) in [6.07, 6.45) is -5.00. The van der Waals surface area contributed by atoms with Gasteiger partial charge in [0.1, 0.15) is 5.75 Å². The first-order valence-corrected chi connectivity index (χ1v) is 6.39. The molecule has 10 heteroatoms. The van der Waals surface area contributed by atoms with Gasteiger partial charge in [0, 0.05) is 5.56 Å². The Labute approximate surface area is 128 Å². The van der Waals surface area contributed by atoms with Crippen LogP contribution in [0.5, 0.6) is 5.75 Å². The van der Waals surface area contributed by atoms with Crippen molar-refractivity contribution in [3.63, 3.8) is 0 Å². The van der Waals surface area contributed by atoms with E-state index in [4.69, 9.17) is 4.74 Å². The fraction of sp³-hybridized carbons (Fsp3) is 0.385. The average Bonchev–Trinajstić information content (AvgIpc) is 2.96. The maximum atomic E-state index is 12.9. The van der Waals surface area contributed by atoms with Crippen LogP contribution in [0.1, 0.15) is 10.4 Å². The molecular formula is C13H13F3N2O5. The summed E-state index contributed by atoms with van der Waals surface area (Å²) in [7, 11) is 1.43.